The van der Waals surface area contributed by atoms with Crippen LogP contribution in [0.4, 0.5) is 0 Å². The van der Waals surface area contributed by atoms with Crippen LogP contribution in [0.3, 0.4) is 0 Å². The topological polar surface area (TPSA) is 34.9 Å². The molecule has 0 saturated heterocycles. The van der Waals surface area contributed by atoms with Gasteiger partial charge in [0.05, 0.1) is 0 Å². The first kappa shape index (κ1) is 12.4. The molecule has 15 heavy (non-hydrogen) atoms. The van der Waals surface area contributed by atoms with E-state index in [1.165, 1.54) is 0 Å². The van der Waals surface area contributed by atoms with Crippen molar-refractivity contribution in [1.29, 1.82) is 0 Å². The van der Waals surface area contributed by atoms with Gasteiger partial charge in [-0.3, -0.25) is 4.57 Å². The maximum atomic E-state index is 11.6. The van der Waals surface area contributed by atoms with Crippen molar-refractivity contribution >= 4 is 15.9 Å². The molecule has 1 heterocycles. The summed E-state index contributed by atoms with van der Waals surface area (Å²) in [7, 11) is 0. The fourth-order valence-electron chi connectivity index (χ4n) is 1.59. The number of aromatic nitrogens is 2. The third kappa shape index (κ3) is 3.78. The van der Waals surface area contributed by atoms with Crippen molar-refractivity contribution in [3.8, 4) is 0 Å². The highest BCUT2D eigenvalue weighted by Gasteiger charge is 2.01. The molecule has 0 N–H and O–H groups in total. The molecular formula is C11H17BrN2O. The molecular weight excluding hydrogens is 256 g/mol. The van der Waals surface area contributed by atoms with Crippen molar-refractivity contribution in [2.24, 2.45) is 0 Å². The molecule has 84 valence electrons. The summed E-state index contributed by atoms with van der Waals surface area (Å²) in [5, 5.41) is 1.03. The molecule has 1 rings (SSSR count). The Morgan fingerprint density at radius 1 is 1.33 bits per heavy atom. The van der Waals surface area contributed by atoms with Crippen LogP contribution < -0.4 is 5.69 Å². The summed E-state index contributed by atoms with van der Waals surface area (Å²) < 4.78 is 1.75. The molecule has 4 heteroatoms. The predicted molar refractivity (Wildman–Crippen MR) is 65.6 cm³/mol. The fraction of sp³-hybridized carbons (Fsp3) is 0.636. The van der Waals surface area contributed by atoms with E-state index in [2.05, 4.69) is 20.9 Å². The summed E-state index contributed by atoms with van der Waals surface area (Å²) in [6.45, 7) is 4.59. The van der Waals surface area contributed by atoms with Crippen molar-refractivity contribution in [3.05, 3.63) is 27.9 Å². The van der Waals surface area contributed by atoms with Gasteiger partial charge in [-0.2, -0.15) is 4.98 Å². The van der Waals surface area contributed by atoms with Crippen LogP contribution in [0.25, 0.3) is 0 Å². The van der Waals surface area contributed by atoms with E-state index in [1.807, 2.05) is 19.9 Å². The maximum absolute atomic E-state index is 11.6. The van der Waals surface area contributed by atoms with Gasteiger partial charge in [-0.05, 0) is 32.8 Å². The molecule has 0 aliphatic heterocycles. The molecule has 0 radical (unpaired) electrons. The Hall–Kier alpha value is -0.640. The van der Waals surface area contributed by atoms with E-state index >= 15 is 0 Å². The minimum Gasteiger partial charge on any atom is -0.297 e. The van der Waals surface area contributed by atoms with E-state index in [-0.39, 0.29) is 5.69 Å². The summed E-state index contributed by atoms with van der Waals surface area (Å²) >= 11 is 3.39. The van der Waals surface area contributed by atoms with Gasteiger partial charge in [0.1, 0.15) is 0 Å². The lowest BCUT2D eigenvalue weighted by Gasteiger charge is -2.08. The fourth-order valence-corrected chi connectivity index (χ4v) is 1.98. The highest BCUT2D eigenvalue weighted by atomic mass is 79.9. The molecule has 0 fully saturated rings. The first-order valence-corrected chi connectivity index (χ1v) is 6.38. The standard InChI is InChI=1S/C11H17BrN2O/c1-9-8-10(2)14(11(15)13-9)7-5-3-4-6-12/h8H,3-7H2,1-2H3. The molecule has 1 aromatic heterocycles. The van der Waals surface area contributed by atoms with Crippen molar-refractivity contribution < 1.29 is 0 Å². The predicted octanol–water partition coefficient (Wildman–Crippen LogP) is 2.43. The lowest BCUT2D eigenvalue weighted by molar-refractivity contribution is 0.565. The Bertz CT molecular complexity index is 373. The second-order valence-corrected chi connectivity index (χ2v) is 4.52. The molecule has 0 amide bonds. The van der Waals surface area contributed by atoms with Gasteiger partial charge in [-0.15, -0.1) is 0 Å². The molecule has 0 aliphatic rings. The Morgan fingerprint density at radius 3 is 2.67 bits per heavy atom. The lowest BCUT2D eigenvalue weighted by Crippen LogP contribution is -2.25. The Morgan fingerprint density at radius 2 is 2.07 bits per heavy atom. The largest absolute Gasteiger partial charge is 0.347 e. The van der Waals surface area contributed by atoms with Gasteiger partial charge in [0.15, 0.2) is 0 Å². The van der Waals surface area contributed by atoms with Crippen LogP contribution in [0, 0.1) is 13.8 Å². The summed E-state index contributed by atoms with van der Waals surface area (Å²) in [4.78, 5) is 15.5. The number of rotatable bonds is 5. The number of aryl methyl sites for hydroxylation is 2. The van der Waals surface area contributed by atoms with E-state index in [0.29, 0.717) is 0 Å². The van der Waals surface area contributed by atoms with Gasteiger partial charge in [0, 0.05) is 23.3 Å². The van der Waals surface area contributed by atoms with Crippen LogP contribution in [-0.4, -0.2) is 14.9 Å². The number of halogens is 1. The van der Waals surface area contributed by atoms with Crippen LogP contribution >= 0.6 is 15.9 Å². The normalized spacial score (nSPS) is 10.6. The number of nitrogens with zero attached hydrogens (tertiary/aromatic N) is 2. The maximum Gasteiger partial charge on any atom is 0.347 e. The molecule has 0 aromatic carbocycles. The molecule has 1 aromatic rings. The minimum absolute atomic E-state index is 0.119. The van der Waals surface area contributed by atoms with E-state index < -0.39 is 0 Å². The molecule has 3 nitrogen and oxygen atoms in total. The number of hydrogen-bond acceptors (Lipinski definition) is 2. The van der Waals surface area contributed by atoms with Crippen molar-refractivity contribution in [3.63, 3.8) is 0 Å². The first-order chi connectivity index (χ1) is 7.15. The first-order valence-electron chi connectivity index (χ1n) is 5.26. The Labute approximate surface area is 98.7 Å². The Kier molecular flexibility index (Phi) is 5.02. The van der Waals surface area contributed by atoms with E-state index in [1.54, 1.807) is 4.57 Å². The smallest absolute Gasteiger partial charge is 0.297 e. The van der Waals surface area contributed by atoms with Crippen molar-refractivity contribution in [1.82, 2.24) is 9.55 Å². The molecule has 0 spiro atoms. The van der Waals surface area contributed by atoms with Crippen LogP contribution in [-0.2, 0) is 6.54 Å². The zero-order chi connectivity index (χ0) is 11.3. The Balaban J connectivity index is 2.65. The van der Waals surface area contributed by atoms with Gasteiger partial charge in [0.25, 0.3) is 0 Å². The number of unbranched alkanes of at least 4 members (excludes halogenated alkanes) is 2. The summed E-state index contributed by atoms with van der Waals surface area (Å²) in [5.74, 6) is 0. The monoisotopic (exact) mass is 272 g/mol. The molecule has 0 aliphatic carbocycles. The van der Waals surface area contributed by atoms with E-state index in [9.17, 15) is 4.79 Å². The molecule has 0 bridgehead atoms. The lowest BCUT2D eigenvalue weighted by atomic mass is 10.2. The van der Waals surface area contributed by atoms with Crippen LogP contribution in [0.1, 0.15) is 30.7 Å². The van der Waals surface area contributed by atoms with Crippen molar-refractivity contribution in [2.75, 3.05) is 5.33 Å². The molecule has 0 unspecified atom stereocenters. The summed E-state index contributed by atoms with van der Waals surface area (Å²) in [6, 6.07) is 1.95. The second kappa shape index (κ2) is 6.05. The summed E-state index contributed by atoms with van der Waals surface area (Å²) in [5.41, 5.74) is 1.69. The average molecular weight is 273 g/mol. The highest BCUT2D eigenvalue weighted by molar-refractivity contribution is 9.09. The zero-order valence-electron chi connectivity index (χ0n) is 9.29. The van der Waals surface area contributed by atoms with Crippen LogP contribution in [0.2, 0.25) is 0 Å². The average Bonchev–Trinajstić information content (AvgIpc) is 2.15. The molecule has 0 saturated carbocycles. The number of alkyl halides is 1. The SMILES string of the molecule is Cc1cc(C)n(CCCCCBr)c(=O)n1. The van der Waals surface area contributed by atoms with Gasteiger partial charge in [-0.25, -0.2) is 4.79 Å². The number of hydrogen-bond donors (Lipinski definition) is 0. The minimum atomic E-state index is -0.119. The highest BCUT2D eigenvalue weighted by Crippen LogP contribution is 2.03. The molecule has 0 atom stereocenters. The quantitative estimate of drug-likeness (QED) is 0.610. The summed E-state index contributed by atoms with van der Waals surface area (Å²) in [6.07, 6.45) is 3.34. The third-order valence-corrected chi connectivity index (χ3v) is 2.92. The van der Waals surface area contributed by atoms with E-state index in [4.69, 9.17) is 0 Å². The second-order valence-electron chi connectivity index (χ2n) is 3.72. The van der Waals surface area contributed by atoms with Crippen LogP contribution in [0.15, 0.2) is 10.9 Å². The van der Waals surface area contributed by atoms with Gasteiger partial charge in [-0.1, -0.05) is 22.4 Å². The van der Waals surface area contributed by atoms with Gasteiger partial charge >= 0.3 is 5.69 Å². The van der Waals surface area contributed by atoms with Gasteiger partial charge < -0.3 is 0 Å². The van der Waals surface area contributed by atoms with Crippen molar-refractivity contribution in [2.45, 2.75) is 39.7 Å². The van der Waals surface area contributed by atoms with Crippen LogP contribution in [0.5, 0.6) is 0 Å². The zero-order valence-corrected chi connectivity index (χ0v) is 10.9. The van der Waals surface area contributed by atoms with Gasteiger partial charge in [0.2, 0.25) is 0 Å². The van der Waals surface area contributed by atoms with E-state index in [0.717, 1.165) is 42.5 Å². The third-order valence-electron chi connectivity index (χ3n) is 2.36.